The fourth-order valence-corrected chi connectivity index (χ4v) is 1.32. The molecule has 0 N–H and O–H groups in total. The Kier molecular flexibility index (Phi) is 4.43. The first kappa shape index (κ1) is 11.0. The van der Waals surface area contributed by atoms with Crippen molar-refractivity contribution in [3.63, 3.8) is 0 Å². The summed E-state index contributed by atoms with van der Waals surface area (Å²) in [7, 11) is 0. The van der Waals surface area contributed by atoms with Crippen molar-refractivity contribution in [3.05, 3.63) is 0 Å². The van der Waals surface area contributed by atoms with Crippen molar-refractivity contribution in [1.82, 2.24) is 0 Å². The van der Waals surface area contributed by atoms with Crippen LogP contribution >= 0.6 is 0 Å². The zero-order valence-electron chi connectivity index (χ0n) is 8.45. The Labute approximate surface area is 83.6 Å². The summed E-state index contributed by atoms with van der Waals surface area (Å²) >= 11 is 0. The molecule has 0 aromatic carbocycles. The Morgan fingerprint density at radius 2 is 2.36 bits per heavy atom. The van der Waals surface area contributed by atoms with Gasteiger partial charge in [-0.25, -0.2) is 4.79 Å². The molecule has 1 aliphatic rings. The number of carbonyl (C=O) groups is 2. The number of ether oxygens (including phenoxy) is 2. The number of cyclic esters (lactones) is 1. The SMILES string of the molecule is CCCCCC(=O)O[C@H]1CCOC1=O. The van der Waals surface area contributed by atoms with Gasteiger partial charge in [-0.1, -0.05) is 19.8 Å². The van der Waals surface area contributed by atoms with Crippen LogP contribution in [0.4, 0.5) is 0 Å². The average Bonchev–Trinajstić information content (AvgIpc) is 2.52. The number of hydrogen-bond donors (Lipinski definition) is 0. The molecule has 1 rings (SSSR count). The van der Waals surface area contributed by atoms with Crippen LogP contribution in [0.2, 0.25) is 0 Å². The molecule has 0 aromatic rings. The Balaban J connectivity index is 2.16. The lowest BCUT2D eigenvalue weighted by atomic mass is 10.2. The third kappa shape index (κ3) is 3.36. The highest BCUT2D eigenvalue weighted by molar-refractivity contribution is 5.80. The van der Waals surface area contributed by atoms with Gasteiger partial charge in [0.05, 0.1) is 6.61 Å². The summed E-state index contributed by atoms with van der Waals surface area (Å²) in [5.74, 6) is -0.698. The number of carbonyl (C=O) groups excluding carboxylic acids is 2. The number of hydrogen-bond acceptors (Lipinski definition) is 4. The van der Waals surface area contributed by atoms with E-state index in [4.69, 9.17) is 4.74 Å². The second kappa shape index (κ2) is 5.62. The van der Waals surface area contributed by atoms with E-state index in [1.165, 1.54) is 0 Å². The van der Waals surface area contributed by atoms with Crippen molar-refractivity contribution < 1.29 is 19.1 Å². The third-order valence-electron chi connectivity index (χ3n) is 2.15. The Morgan fingerprint density at radius 1 is 1.57 bits per heavy atom. The quantitative estimate of drug-likeness (QED) is 0.497. The van der Waals surface area contributed by atoms with E-state index >= 15 is 0 Å². The van der Waals surface area contributed by atoms with Crippen molar-refractivity contribution in [1.29, 1.82) is 0 Å². The van der Waals surface area contributed by atoms with Crippen LogP contribution in [0.5, 0.6) is 0 Å². The maximum atomic E-state index is 11.2. The van der Waals surface area contributed by atoms with Gasteiger partial charge < -0.3 is 9.47 Å². The molecule has 1 fully saturated rings. The topological polar surface area (TPSA) is 52.6 Å². The molecular weight excluding hydrogens is 184 g/mol. The van der Waals surface area contributed by atoms with Gasteiger partial charge in [0.2, 0.25) is 6.10 Å². The highest BCUT2D eigenvalue weighted by Gasteiger charge is 2.29. The Bertz CT molecular complexity index is 212. The maximum Gasteiger partial charge on any atom is 0.347 e. The lowest BCUT2D eigenvalue weighted by Gasteiger charge is -2.07. The predicted octanol–water partition coefficient (Wildman–Crippen LogP) is 1.43. The lowest BCUT2D eigenvalue weighted by Crippen LogP contribution is -2.22. The minimum absolute atomic E-state index is 0.290. The smallest absolute Gasteiger partial charge is 0.347 e. The number of unbranched alkanes of at least 4 members (excludes halogenated alkanes) is 2. The molecule has 0 amide bonds. The first-order valence-electron chi connectivity index (χ1n) is 5.10. The first-order valence-corrected chi connectivity index (χ1v) is 5.10. The second-order valence-electron chi connectivity index (χ2n) is 3.39. The van der Waals surface area contributed by atoms with Gasteiger partial charge in [0.25, 0.3) is 0 Å². The summed E-state index contributed by atoms with van der Waals surface area (Å²) in [4.78, 5) is 22.1. The minimum Gasteiger partial charge on any atom is -0.463 e. The first-order chi connectivity index (χ1) is 6.74. The maximum absolute atomic E-state index is 11.2. The van der Waals surface area contributed by atoms with E-state index in [0.29, 0.717) is 19.4 Å². The second-order valence-corrected chi connectivity index (χ2v) is 3.39. The highest BCUT2D eigenvalue weighted by atomic mass is 16.6. The molecule has 0 aromatic heterocycles. The van der Waals surface area contributed by atoms with Crippen molar-refractivity contribution in [2.75, 3.05) is 6.61 Å². The predicted molar refractivity (Wildman–Crippen MR) is 49.6 cm³/mol. The summed E-state index contributed by atoms with van der Waals surface area (Å²) in [6, 6.07) is 0. The van der Waals surface area contributed by atoms with Crippen LogP contribution in [0, 0.1) is 0 Å². The highest BCUT2D eigenvalue weighted by Crippen LogP contribution is 2.12. The largest absolute Gasteiger partial charge is 0.463 e. The zero-order chi connectivity index (χ0) is 10.4. The molecule has 0 bridgehead atoms. The molecule has 0 aliphatic carbocycles. The summed E-state index contributed by atoms with van der Waals surface area (Å²) in [6.07, 6.45) is 3.17. The molecule has 4 nitrogen and oxygen atoms in total. The molecule has 1 atom stereocenters. The normalized spacial score (nSPS) is 20.6. The van der Waals surface area contributed by atoms with Crippen LogP contribution in [0.1, 0.15) is 39.0 Å². The van der Waals surface area contributed by atoms with E-state index in [1.807, 2.05) is 0 Å². The van der Waals surface area contributed by atoms with E-state index < -0.39 is 12.1 Å². The van der Waals surface area contributed by atoms with Gasteiger partial charge in [0, 0.05) is 12.8 Å². The molecule has 0 saturated carbocycles. The van der Waals surface area contributed by atoms with Crippen molar-refractivity contribution in [3.8, 4) is 0 Å². The van der Waals surface area contributed by atoms with Gasteiger partial charge >= 0.3 is 11.9 Å². The van der Waals surface area contributed by atoms with E-state index in [2.05, 4.69) is 11.7 Å². The standard InChI is InChI=1S/C10H16O4/c1-2-3-4-5-9(11)14-8-6-7-13-10(8)12/h8H,2-7H2,1H3/t8-/m0/s1. The lowest BCUT2D eigenvalue weighted by molar-refractivity contribution is -0.160. The molecule has 1 heterocycles. The average molecular weight is 200 g/mol. The van der Waals surface area contributed by atoms with Crippen molar-refractivity contribution >= 4 is 11.9 Å². The summed E-state index contributed by atoms with van der Waals surface area (Å²) < 4.78 is 9.63. The summed E-state index contributed by atoms with van der Waals surface area (Å²) in [5, 5.41) is 0. The van der Waals surface area contributed by atoms with Crippen LogP contribution < -0.4 is 0 Å². The molecular formula is C10H16O4. The van der Waals surface area contributed by atoms with E-state index in [-0.39, 0.29) is 5.97 Å². The summed E-state index contributed by atoms with van der Waals surface area (Å²) in [5.41, 5.74) is 0. The fourth-order valence-electron chi connectivity index (χ4n) is 1.32. The Hall–Kier alpha value is -1.06. The monoisotopic (exact) mass is 200 g/mol. The van der Waals surface area contributed by atoms with Gasteiger partial charge in [0.1, 0.15) is 0 Å². The van der Waals surface area contributed by atoms with Crippen LogP contribution in [-0.2, 0) is 19.1 Å². The molecule has 0 radical (unpaired) electrons. The van der Waals surface area contributed by atoms with Gasteiger partial charge in [-0.2, -0.15) is 0 Å². The molecule has 14 heavy (non-hydrogen) atoms. The molecule has 1 aliphatic heterocycles. The fraction of sp³-hybridized carbons (Fsp3) is 0.800. The van der Waals surface area contributed by atoms with Crippen molar-refractivity contribution in [2.24, 2.45) is 0 Å². The molecule has 80 valence electrons. The molecule has 0 unspecified atom stereocenters. The molecule has 4 heteroatoms. The van der Waals surface area contributed by atoms with Crippen molar-refractivity contribution in [2.45, 2.75) is 45.1 Å². The molecule has 1 saturated heterocycles. The van der Waals surface area contributed by atoms with Crippen LogP contribution in [-0.4, -0.2) is 24.6 Å². The van der Waals surface area contributed by atoms with Crippen LogP contribution in [0.3, 0.4) is 0 Å². The van der Waals surface area contributed by atoms with Gasteiger partial charge in [-0.15, -0.1) is 0 Å². The Morgan fingerprint density at radius 3 is 2.93 bits per heavy atom. The van der Waals surface area contributed by atoms with E-state index in [1.54, 1.807) is 0 Å². The van der Waals surface area contributed by atoms with Crippen LogP contribution in [0.15, 0.2) is 0 Å². The van der Waals surface area contributed by atoms with Crippen LogP contribution in [0.25, 0.3) is 0 Å². The minimum atomic E-state index is -0.649. The number of rotatable bonds is 5. The third-order valence-corrected chi connectivity index (χ3v) is 2.15. The van der Waals surface area contributed by atoms with E-state index in [9.17, 15) is 9.59 Å². The van der Waals surface area contributed by atoms with Gasteiger partial charge in [-0.05, 0) is 6.42 Å². The zero-order valence-corrected chi connectivity index (χ0v) is 8.45. The van der Waals surface area contributed by atoms with Gasteiger partial charge in [0.15, 0.2) is 0 Å². The molecule has 0 spiro atoms. The summed E-state index contributed by atoms with van der Waals surface area (Å²) in [6.45, 7) is 2.44. The van der Waals surface area contributed by atoms with Gasteiger partial charge in [-0.3, -0.25) is 4.79 Å². The van der Waals surface area contributed by atoms with E-state index in [0.717, 1.165) is 19.3 Å². The number of esters is 2.